The molecule has 0 saturated carbocycles. The second-order valence-corrected chi connectivity index (χ2v) is 5.88. The van der Waals surface area contributed by atoms with Gasteiger partial charge < -0.3 is 5.32 Å². The topological polar surface area (TPSA) is 73.2 Å². The molecule has 25 heavy (non-hydrogen) atoms. The van der Waals surface area contributed by atoms with E-state index in [4.69, 9.17) is 5.26 Å². The first-order valence-corrected chi connectivity index (χ1v) is 7.44. The van der Waals surface area contributed by atoms with Gasteiger partial charge in [-0.25, -0.2) is 13.6 Å². The summed E-state index contributed by atoms with van der Waals surface area (Å²) in [7, 11) is 0. The van der Waals surface area contributed by atoms with E-state index in [1.807, 2.05) is 6.07 Å². The molecule has 5 nitrogen and oxygen atoms in total. The van der Waals surface area contributed by atoms with Gasteiger partial charge in [-0.1, -0.05) is 12.1 Å². The molecule has 0 aromatic heterocycles. The Morgan fingerprint density at radius 3 is 2.48 bits per heavy atom. The van der Waals surface area contributed by atoms with E-state index in [0.29, 0.717) is 11.1 Å². The molecule has 2 aromatic carbocycles. The number of nitriles is 1. The Bertz CT molecular complexity index is 906. The van der Waals surface area contributed by atoms with Crippen molar-refractivity contribution in [1.29, 1.82) is 5.26 Å². The van der Waals surface area contributed by atoms with Crippen molar-refractivity contribution in [2.24, 2.45) is 0 Å². The number of benzene rings is 2. The number of hydrogen-bond acceptors (Lipinski definition) is 3. The summed E-state index contributed by atoms with van der Waals surface area (Å²) in [5.41, 5.74) is -0.831. The highest BCUT2D eigenvalue weighted by Gasteiger charge is 2.50. The molecular weight excluding hydrogens is 328 g/mol. The summed E-state index contributed by atoms with van der Waals surface area (Å²) in [5, 5.41) is 11.2. The third-order valence-electron chi connectivity index (χ3n) is 4.17. The number of nitrogens with one attached hydrogen (secondary N) is 1. The zero-order chi connectivity index (χ0) is 18.2. The number of amides is 3. The maximum Gasteiger partial charge on any atom is 0.325 e. The van der Waals surface area contributed by atoms with Crippen molar-refractivity contribution in [3.05, 3.63) is 70.8 Å². The van der Waals surface area contributed by atoms with Crippen LogP contribution >= 0.6 is 0 Å². The molecule has 2 aromatic rings. The highest BCUT2D eigenvalue weighted by Crippen LogP contribution is 2.32. The number of carbonyl (C=O) groups is 2. The van der Waals surface area contributed by atoms with E-state index >= 15 is 0 Å². The highest BCUT2D eigenvalue weighted by molar-refractivity contribution is 6.07. The summed E-state index contributed by atoms with van der Waals surface area (Å²) in [6.45, 7) is 1.30. The second kappa shape index (κ2) is 5.98. The Labute approximate surface area is 142 Å². The van der Waals surface area contributed by atoms with Crippen LogP contribution in [0, 0.1) is 23.0 Å². The van der Waals surface area contributed by atoms with E-state index in [9.17, 15) is 18.4 Å². The minimum Gasteiger partial charge on any atom is -0.319 e. The molecule has 3 amide bonds. The summed E-state index contributed by atoms with van der Waals surface area (Å²) >= 11 is 0. The largest absolute Gasteiger partial charge is 0.325 e. The molecule has 1 aliphatic rings. The van der Waals surface area contributed by atoms with Crippen molar-refractivity contribution in [1.82, 2.24) is 10.2 Å². The molecule has 1 heterocycles. The molecule has 0 aliphatic carbocycles. The van der Waals surface area contributed by atoms with Gasteiger partial charge in [0.25, 0.3) is 5.91 Å². The molecule has 1 N–H and O–H groups in total. The van der Waals surface area contributed by atoms with E-state index in [1.165, 1.54) is 6.92 Å². The lowest BCUT2D eigenvalue weighted by molar-refractivity contribution is -0.131. The van der Waals surface area contributed by atoms with Crippen LogP contribution in [0.1, 0.15) is 23.6 Å². The van der Waals surface area contributed by atoms with Gasteiger partial charge in [-0.3, -0.25) is 9.69 Å². The predicted molar refractivity (Wildman–Crippen MR) is 83.9 cm³/mol. The first-order valence-electron chi connectivity index (χ1n) is 7.44. The van der Waals surface area contributed by atoms with Gasteiger partial charge in [0.15, 0.2) is 0 Å². The third kappa shape index (κ3) is 2.83. The van der Waals surface area contributed by atoms with E-state index in [-0.39, 0.29) is 12.1 Å². The fourth-order valence-electron chi connectivity index (χ4n) is 2.77. The minimum absolute atomic E-state index is 0.0388. The number of carbonyl (C=O) groups excluding carboxylic acids is 2. The quantitative estimate of drug-likeness (QED) is 0.873. The molecule has 1 atom stereocenters. The Balaban J connectivity index is 1.91. The minimum atomic E-state index is -1.68. The van der Waals surface area contributed by atoms with Crippen molar-refractivity contribution in [3.63, 3.8) is 0 Å². The van der Waals surface area contributed by atoms with E-state index < -0.39 is 29.1 Å². The van der Waals surface area contributed by atoms with Gasteiger partial charge in [0.05, 0.1) is 18.2 Å². The van der Waals surface area contributed by atoms with Crippen molar-refractivity contribution in [2.75, 3.05) is 0 Å². The van der Waals surface area contributed by atoms with Crippen LogP contribution in [0.15, 0.2) is 42.5 Å². The van der Waals surface area contributed by atoms with Crippen LogP contribution < -0.4 is 5.32 Å². The maximum atomic E-state index is 14.1. The number of hydrogen-bond donors (Lipinski definition) is 1. The van der Waals surface area contributed by atoms with Crippen molar-refractivity contribution in [2.45, 2.75) is 19.0 Å². The van der Waals surface area contributed by atoms with Crippen molar-refractivity contribution < 1.29 is 18.4 Å². The van der Waals surface area contributed by atoms with Crippen LogP contribution in [-0.4, -0.2) is 16.8 Å². The lowest BCUT2D eigenvalue weighted by Crippen LogP contribution is -2.41. The SMILES string of the molecule is CC1(c2cc(F)ccc2F)NC(=O)N(Cc2ccc(C#N)cc2)C1=O. The van der Waals surface area contributed by atoms with Crippen molar-refractivity contribution in [3.8, 4) is 6.07 Å². The van der Waals surface area contributed by atoms with E-state index in [1.54, 1.807) is 24.3 Å². The van der Waals surface area contributed by atoms with Gasteiger partial charge in [0, 0.05) is 5.56 Å². The molecule has 1 fully saturated rings. The Morgan fingerprint density at radius 2 is 1.84 bits per heavy atom. The van der Waals surface area contributed by atoms with Crippen LogP contribution in [0.4, 0.5) is 13.6 Å². The van der Waals surface area contributed by atoms with Crippen LogP contribution in [0.25, 0.3) is 0 Å². The summed E-state index contributed by atoms with van der Waals surface area (Å²) in [6.07, 6.45) is 0. The van der Waals surface area contributed by atoms with Gasteiger partial charge in [-0.2, -0.15) is 5.26 Å². The standard InChI is InChI=1S/C18H13F2N3O2/c1-18(14-8-13(19)6-7-15(14)20)16(24)23(17(25)22-18)10-12-4-2-11(9-21)3-5-12/h2-8H,10H2,1H3,(H,22,25). The first-order chi connectivity index (χ1) is 11.8. The third-order valence-corrected chi connectivity index (χ3v) is 4.17. The molecule has 7 heteroatoms. The van der Waals surface area contributed by atoms with Crippen LogP contribution in [-0.2, 0) is 16.9 Å². The summed E-state index contributed by atoms with van der Waals surface area (Å²) in [4.78, 5) is 25.9. The average molecular weight is 341 g/mol. The summed E-state index contributed by atoms with van der Waals surface area (Å²) < 4.78 is 27.6. The molecular formula is C18H13F2N3O2. The van der Waals surface area contributed by atoms with Gasteiger partial charge in [0.2, 0.25) is 0 Å². The second-order valence-electron chi connectivity index (χ2n) is 5.88. The smallest absolute Gasteiger partial charge is 0.319 e. The van der Waals surface area contributed by atoms with Gasteiger partial charge in [0.1, 0.15) is 17.2 Å². The summed E-state index contributed by atoms with van der Waals surface area (Å²) in [5.74, 6) is -2.16. The average Bonchev–Trinajstić information content (AvgIpc) is 2.81. The van der Waals surface area contributed by atoms with E-state index in [0.717, 1.165) is 23.1 Å². The molecule has 1 aliphatic heterocycles. The monoisotopic (exact) mass is 341 g/mol. The van der Waals surface area contributed by atoms with Gasteiger partial charge in [-0.15, -0.1) is 0 Å². The molecule has 0 radical (unpaired) electrons. The predicted octanol–water partition coefficient (Wildman–Crippen LogP) is 2.80. The molecule has 3 rings (SSSR count). The van der Waals surface area contributed by atoms with Crippen LogP contribution in [0.3, 0.4) is 0 Å². The Morgan fingerprint density at radius 1 is 1.16 bits per heavy atom. The Kier molecular flexibility index (Phi) is 3.97. The summed E-state index contributed by atoms with van der Waals surface area (Å²) in [6, 6.07) is 10.4. The lowest BCUT2D eigenvalue weighted by atomic mass is 9.91. The number of nitrogens with zero attached hydrogens (tertiary/aromatic N) is 2. The van der Waals surface area contributed by atoms with Gasteiger partial charge >= 0.3 is 6.03 Å². The van der Waals surface area contributed by atoms with Crippen molar-refractivity contribution >= 4 is 11.9 Å². The lowest BCUT2D eigenvalue weighted by Gasteiger charge is -2.22. The number of rotatable bonds is 3. The number of imide groups is 1. The highest BCUT2D eigenvalue weighted by atomic mass is 19.1. The molecule has 0 spiro atoms. The number of urea groups is 1. The normalized spacial score (nSPS) is 19.7. The zero-order valence-corrected chi connectivity index (χ0v) is 13.2. The molecule has 1 saturated heterocycles. The molecule has 126 valence electrons. The van der Waals surface area contributed by atoms with Crippen LogP contribution in [0.2, 0.25) is 0 Å². The molecule has 0 bridgehead atoms. The molecule has 1 unspecified atom stereocenters. The zero-order valence-electron chi connectivity index (χ0n) is 13.2. The maximum absolute atomic E-state index is 14.1. The fraction of sp³-hybridized carbons (Fsp3) is 0.167. The van der Waals surface area contributed by atoms with Crippen LogP contribution in [0.5, 0.6) is 0 Å². The Hall–Kier alpha value is -3.27. The van der Waals surface area contributed by atoms with Gasteiger partial charge in [-0.05, 0) is 42.8 Å². The fourth-order valence-corrected chi connectivity index (χ4v) is 2.77. The number of halogens is 2. The first kappa shape index (κ1) is 16.6. The van der Waals surface area contributed by atoms with E-state index in [2.05, 4.69) is 5.32 Å².